The first-order valence-corrected chi connectivity index (χ1v) is 10.8. The van der Waals surface area contributed by atoms with Crippen LogP contribution in [0.1, 0.15) is 55.7 Å². The number of para-hydroxylation sites is 1. The normalized spacial score (nSPS) is 13.5. The maximum absolute atomic E-state index is 12.6. The highest BCUT2D eigenvalue weighted by Gasteiger charge is 2.30. The molecule has 5 heteroatoms. The van der Waals surface area contributed by atoms with Crippen molar-refractivity contribution in [2.75, 3.05) is 23.7 Å². The molecule has 2 aromatic rings. The molecule has 1 saturated carbocycles. The van der Waals surface area contributed by atoms with Crippen LogP contribution in [0.4, 0.5) is 11.4 Å². The van der Waals surface area contributed by atoms with E-state index in [2.05, 4.69) is 35.4 Å². The van der Waals surface area contributed by atoms with Crippen molar-refractivity contribution in [3.8, 4) is 0 Å². The summed E-state index contributed by atoms with van der Waals surface area (Å²) in [6.45, 7) is 9.14. The fourth-order valence-electron chi connectivity index (χ4n) is 3.65. The lowest BCUT2D eigenvalue weighted by atomic mass is 10.0. The van der Waals surface area contributed by atoms with E-state index in [-0.39, 0.29) is 11.8 Å². The number of hydrogen-bond donors (Lipinski definition) is 2. The van der Waals surface area contributed by atoms with Crippen LogP contribution in [0.2, 0.25) is 0 Å². The maximum atomic E-state index is 12.6. The summed E-state index contributed by atoms with van der Waals surface area (Å²) in [4.78, 5) is 27.3. The lowest BCUT2D eigenvalue weighted by Crippen LogP contribution is -2.37. The molecule has 160 valence electrons. The van der Waals surface area contributed by atoms with Crippen LogP contribution in [0, 0.1) is 13.8 Å². The van der Waals surface area contributed by atoms with Gasteiger partial charge in [0.2, 0.25) is 11.8 Å². The lowest BCUT2D eigenvalue weighted by Gasteiger charge is -2.22. The van der Waals surface area contributed by atoms with Crippen molar-refractivity contribution in [1.29, 1.82) is 0 Å². The van der Waals surface area contributed by atoms with E-state index in [1.807, 2.05) is 50.2 Å². The van der Waals surface area contributed by atoms with Crippen LogP contribution in [-0.2, 0) is 9.59 Å². The molecule has 0 radical (unpaired) electrons. The lowest BCUT2D eigenvalue weighted by molar-refractivity contribution is -0.119. The number of nitrogens with one attached hydrogen (secondary N) is 2. The van der Waals surface area contributed by atoms with E-state index in [1.54, 1.807) is 0 Å². The third-order valence-electron chi connectivity index (χ3n) is 5.56. The molecule has 0 spiro atoms. The fourth-order valence-corrected chi connectivity index (χ4v) is 3.65. The van der Waals surface area contributed by atoms with Gasteiger partial charge in [0, 0.05) is 30.4 Å². The molecule has 1 aliphatic carbocycles. The van der Waals surface area contributed by atoms with Gasteiger partial charge in [-0.1, -0.05) is 44.2 Å². The summed E-state index contributed by atoms with van der Waals surface area (Å²) in [5.74, 6) is 0.308. The summed E-state index contributed by atoms with van der Waals surface area (Å²) in [5, 5.41) is 6.08. The van der Waals surface area contributed by atoms with E-state index in [9.17, 15) is 9.59 Å². The van der Waals surface area contributed by atoms with Crippen molar-refractivity contribution in [2.45, 2.75) is 58.9 Å². The Kier molecular flexibility index (Phi) is 7.27. The van der Waals surface area contributed by atoms with Gasteiger partial charge < -0.3 is 10.6 Å². The number of anilines is 2. The Morgan fingerprint density at radius 3 is 2.40 bits per heavy atom. The highest BCUT2D eigenvalue weighted by Crippen LogP contribution is 2.27. The molecule has 3 rings (SSSR count). The summed E-state index contributed by atoms with van der Waals surface area (Å²) in [5.41, 5.74) is 5.04. The van der Waals surface area contributed by atoms with Crippen molar-refractivity contribution >= 4 is 23.2 Å². The summed E-state index contributed by atoms with van der Waals surface area (Å²) < 4.78 is 0. The second-order valence-corrected chi connectivity index (χ2v) is 8.61. The van der Waals surface area contributed by atoms with Crippen LogP contribution < -0.4 is 10.6 Å². The van der Waals surface area contributed by atoms with Crippen molar-refractivity contribution in [2.24, 2.45) is 0 Å². The van der Waals surface area contributed by atoms with Crippen LogP contribution in [0.3, 0.4) is 0 Å². The smallest absolute Gasteiger partial charge is 0.238 e. The molecule has 0 aliphatic heterocycles. The van der Waals surface area contributed by atoms with Crippen LogP contribution in [-0.4, -0.2) is 35.8 Å². The molecule has 5 nitrogen and oxygen atoms in total. The van der Waals surface area contributed by atoms with E-state index in [0.717, 1.165) is 40.9 Å². The molecule has 2 amide bonds. The van der Waals surface area contributed by atoms with Gasteiger partial charge in [0.1, 0.15) is 0 Å². The molecule has 2 N–H and O–H groups in total. The summed E-state index contributed by atoms with van der Waals surface area (Å²) >= 11 is 0. The van der Waals surface area contributed by atoms with Crippen molar-refractivity contribution < 1.29 is 9.59 Å². The number of benzene rings is 2. The first-order chi connectivity index (χ1) is 14.3. The molecule has 1 aliphatic rings. The summed E-state index contributed by atoms with van der Waals surface area (Å²) in [6, 6.07) is 14.4. The van der Waals surface area contributed by atoms with Gasteiger partial charge in [-0.25, -0.2) is 0 Å². The molecule has 0 unspecified atom stereocenters. The topological polar surface area (TPSA) is 61.4 Å². The number of carbonyl (C=O) groups is 2. The van der Waals surface area contributed by atoms with E-state index >= 15 is 0 Å². The number of aryl methyl sites for hydroxylation is 2. The Bertz CT molecular complexity index is 903. The number of carbonyl (C=O) groups excluding carboxylic acids is 2. The quantitative estimate of drug-likeness (QED) is 0.624. The highest BCUT2D eigenvalue weighted by atomic mass is 16.2. The predicted molar refractivity (Wildman–Crippen MR) is 123 cm³/mol. The van der Waals surface area contributed by atoms with Gasteiger partial charge in [-0.3, -0.25) is 14.5 Å². The van der Waals surface area contributed by atoms with E-state index in [1.165, 1.54) is 0 Å². The third kappa shape index (κ3) is 6.17. The second-order valence-electron chi connectivity index (χ2n) is 8.61. The van der Waals surface area contributed by atoms with Crippen LogP contribution >= 0.6 is 0 Å². The van der Waals surface area contributed by atoms with Crippen molar-refractivity contribution in [1.82, 2.24) is 4.90 Å². The van der Waals surface area contributed by atoms with Gasteiger partial charge in [0.15, 0.2) is 0 Å². The minimum atomic E-state index is -0.0267. The third-order valence-corrected chi connectivity index (χ3v) is 5.56. The van der Waals surface area contributed by atoms with Crippen LogP contribution in [0.15, 0.2) is 42.5 Å². The molecule has 0 bridgehead atoms. The average molecular weight is 408 g/mol. The highest BCUT2D eigenvalue weighted by molar-refractivity contribution is 5.93. The minimum Gasteiger partial charge on any atom is -0.326 e. The Hall–Kier alpha value is -2.66. The zero-order valence-corrected chi connectivity index (χ0v) is 18.5. The molecule has 0 heterocycles. The summed E-state index contributed by atoms with van der Waals surface area (Å²) in [6.07, 6.45) is 2.56. The summed E-state index contributed by atoms with van der Waals surface area (Å²) in [7, 11) is 0. The van der Waals surface area contributed by atoms with E-state index < -0.39 is 0 Å². The van der Waals surface area contributed by atoms with Gasteiger partial charge >= 0.3 is 0 Å². The molecule has 2 aromatic carbocycles. The number of nitrogens with zero attached hydrogens (tertiary/aromatic N) is 1. The monoisotopic (exact) mass is 407 g/mol. The molecule has 0 aromatic heterocycles. The molecular weight excluding hydrogens is 374 g/mol. The Morgan fingerprint density at radius 2 is 1.70 bits per heavy atom. The number of amides is 2. The minimum absolute atomic E-state index is 0.0105. The predicted octanol–water partition coefficient (Wildman–Crippen LogP) is 4.86. The van der Waals surface area contributed by atoms with Gasteiger partial charge in [-0.05, 0) is 61.4 Å². The molecule has 0 atom stereocenters. The largest absolute Gasteiger partial charge is 0.326 e. The SMILES string of the molecule is Cc1ccc(C)c(NC(=O)CN(CCC(=O)Nc2ccccc2C(C)C)C2CC2)c1. The first-order valence-electron chi connectivity index (χ1n) is 10.8. The zero-order valence-electron chi connectivity index (χ0n) is 18.5. The van der Waals surface area contributed by atoms with E-state index in [4.69, 9.17) is 0 Å². The maximum Gasteiger partial charge on any atom is 0.238 e. The van der Waals surface area contributed by atoms with Crippen molar-refractivity contribution in [3.05, 3.63) is 59.2 Å². The second kappa shape index (κ2) is 9.90. The van der Waals surface area contributed by atoms with Gasteiger partial charge in [-0.15, -0.1) is 0 Å². The van der Waals surface area contributed by atoms with E-state index in [0.29, 0.717) is 31.5 Å². The van der Waals surface area contributed by atoms with Gasteiger partial charge in [-0.2, -0.15) is 0 Å². The van der Waals surface area contributed by atoms with Gasteiger partial charge in [0.05, 0.1) is 6.54 Å². The van der Waals surface area contributed by atoms with Crippen LogP contribution in [0.5, 0.6) is 0 Å². The van der Waals surface area contributed by atoms with Gasteiger partial charge in [0.25, 0.3) is 0 Å². The Balaban J connectivity index is 1.54. The molecule has 30 heavy (non-hydrogen) atoms. The Labute approximate surface area is 179 Å². The molecule has 1 fully saturated rings. The standard InChI is InChI=1S/C25H33N3O2/c1-17(2)21-7-5-6-8-22(21)26-24(29)13-14-28(20-11-12-20)16-25(30)27-23-15-18(3)9-10-19(23)4/h5-10,15,17,20H,11-14,16H2,1-4H3,(H,26,29)(H,27,30). The average Bonchev–Trinajstić information content (AvgIpc) is 3.53. The fraction of sp³-hybridized carbons (Fsp3) is 0.440. The van der Waals surface area contributed by atoms with Crippen LogP contribution in [0.25, 0.3) is 0 Å². The number of hydrogen-bond acceptors (Lipinski definition) is 3. The molecular formula is C25H33N3O2. The van der Waals surface area contributed by atoms with Crippen molar-refractivity contribution in [3.63, 3.8) is 0 Å². The number of rotatable bonds is 9. The zero-order chi connectivity index (χ0) is 21.7. The Morgan fingerprint density at radius 1 is 1.00 bits per heavy atom. The molecule has 0 saturated heterocycles. The first kappa shape index (κ1) is 22.0.